The largest absolute Gasteiger partial charge is 0.436 e. The number of amides is 1. The highest BCUT2D eigenvalue weighted by molar-refractivity contribution is 6.30. The lowest BCUT2D eigenvalue weighted by Gasteiger charge is -2.06. The molecule has 0 fully saturated rings. The average Bonchev–Trinajstić information content (AvgIpc) is 3.11. The van der Waals surface area contributed by atoms with Crippen LogP contribution < -0.4 is 5.32 Å². The fourth-order valence-electron chi connectivity index (χ4n) is 2.90. The minimum Gasteiger partial charge on any atom is -0.436 e. The lowest BCUT2D eigenvalue weighted by atomic mass is 10.1. The van der Waals surface area contributed by atoms with Crippen molar-refractivity contribution in [3.8, 4) is 11.5 Å². The fraction of sp³-hybridized carbons (Fsp3) is 0.0476. The second kappa shape index (κ2) is 7.37. The van der Waals surface area contributed by atoms with Crippen LogP contribution in [0.1, 0.15) is 15.9 Å². The summed E-state index contributed by atoms with van der Waals surface area (Å²) in [7, 11) is 0. The third-order valence-electron chi connectivity index (χ3n) is 4.39. The molecule has 144 valence electrons. The van der Waals surface area contributed by atoms with Gasteiger partial charge in [0.1, 0.15) is 5.52 Å². The first-order chi connectivity index (χ1) is 13.9. The molecular formula is C21H14ClN3O4. The van der Waals surface area contributed by atoms with Gasteiger partial charge < -0.3 is 9.73 Å². The summed E-state index contributed by atoms with van der Waals surface area (Å²) in [5, 5.41) is 14.4. The topological polar surface area (TPSA) is 98.3 Å². The van der Waals surface area contributed by atoms with Crippen molar-refractivity contribution < 1.29 is 14.1 Å². The monoisotopic (exact) mass is 407 g/mol. The molecule has 0 saturated carbocycles. The maximum absolute atomic E-state index is 12.5. The van der Waals surface area contributed by atoms with Crippen LogP contribution in [0.2, 0.25) is 5.02 Å². The van der Waals surface area contributed by atoms with Crippen molar-refractivity contribution in [2.45, 2.75) is 6.92 Å². The SMILES string of the molecule is Cc1ccc(C(=O)Nc2ccc3oc(-c4cccc(Cl)c4)nc3c2)cc1[N+](=O)[O-]. The van der Waals surface area contributed by atoms with E-state index in [1.165, 1.54) is 6.07 Å². The zero-order valence-electron chi connectivity index (χ0n) is 15.2. The number of fused-ring (bicyclic) bond motifs is 1. The van der Waals surface area contributed by atoms with E-state index in [1.54, 1.807) is 55.5 Å². The van der Waals surface area contributed by atoms with Crippen LogP contribution >= 0.6 is 11.6 Å². The van der Waals surface area contributed by atoms with Crippen molar-refractivity contribution in [3.63, 3.8) is 0 Å². The average molecular weight is 408 g/mol. The highest BCUT2D eigenvalue weighted by Crippen LogP contribution is 2.28. The van der Waals surface area contributed by atoms with Gasteiger partial charge in [0.25, 0.3) is 11.6 Å². The first kappa shape index (κ1) is 18.6. The highest BCUT2D eigenvalue weighted by atomic mass is 35.5. The number of nitrogens with zero attached hydrogens (tertiary/aromatic N) is 2. The molecule has 0 saturated heterocycles. The van der Waals surface area contributed by atoms with Crippen molar-refractivity contribution in [1.29, 1.82) is 0 Å². The summed E-state index contributed by atoms with van der Waals surface area (Å²) in [5.74, 6) is -0.0360. The smallest absolute Gasteiger partial charge is 0.273 e. The molecule has 0 bridgehead atoms. The van der Waals surface area contributed by atoms with Crippen LogP contribution in [0.15, 0.2) is 65.1 Å². The summed E-state index contributed by atoms with van der Waals surface area (Å²) < 4.78 is 5.75. The Kier molecular flexibility index (Phi) is 4.74. The molecule has 4 rings (SSSR count). The Hall–Kier alpha value is -3.71. The van der Waals surface area contributed by atoms with Gasteiger partial charge in [-0.2, -0.15) is 0 Å². The molecule has 0 aliphatic heterocycles. The van der Waals surface area contributed by atoms with Gasteiger partial charge in [0.2, 0.25) is 5.89 Å². The van der Waals surface area contributed by atoms with Gasteiger partial charge in [0, 0.05) is 33.5 Å². The van der Waals surface area contributed by atoms with Crippen LogP contribution in [-0.4, -0.2) is 15.8 Å². The number of nitro groups is 1. The Morgan fingerprint density at radius 2 is 1.97 bits per heavy atom. The molecular weight excluding hydrogens is 394 g/mol. The van der Waals surface area contributed by atoms with E-state index >= 15 is 0 Å². The number of oxazole rings is 1. The molecule has 7 nitrogen and oxygen atoms in total. The second-order valence-corrected chi connectivity index (χ2v) is 6.86. The van der Waals surface area contributed by atoms with E-state index in [2.05, 4.69) is 10.3 Å². The Labute approximate surface area is 170 Å². The summed E-state index contributed by atoms with van der Waals surface area (Å²) >= 11 is 6.02. The van der Waals surface area contributed by atoms with Crippen LogP contribution in [0.3, 0.4) is 0 Å². The molecule has 1 amide bonds. The molecule has 1 aromatic heterocycles. The van der Waals surface area contributed by atoms with Gasteiger partial charge in [0.05, 0.1) is 4.92 Å². The van der Waals surface area contributed by atoms with E-state index in [-0.39, 0.29) is 11.3 Å². The Morgan fingerprint density at radius 3 is 2.72 bits per heavy atom. The summed E-state index contributed by atoms with van der Waals surface area (Å²) in [6.45, 7) is 1.62. The molecule has 4 aromatic rings. The quantitative estimate of drug-likeness (QED) is 0.350. The van der Waals surface area contributed by atoms with Crippen LogP contribution in [0.5, 0.6) is 0 Å². The molecule has 0 spiro atoms. The summed E-state index contributed by atoms with van der Waals surface area (Å²) in [6.07, 6.45) is 0. The molecule has 1 heterocycles. The number of halogens is 1. The number of hydrogen-bond acceptors (Lipinski definition) is 5. The van der Waals surface area contributed by atoms with Gasteiger partial charge >= 0.3 is 0 Å². The summed E-state index contributed by atoms with van der Waals surface area (Å²) in [4.78, 5) is 27.5. The zero-order chi connectivity index (χ0) is 20.5. The van der Waals surface area contributed by atoms with Gasteiger partial charge in [-0.1, -0.05) is 23.7 Å². The van der Waals surface area contributed by atoms with Crippen molar-refractivity contribution in [2.24, 2.45) is 0 Å². The Morgan fingerprint density at radius 1 is 1.14 bits per heavy atom. The first-order valence-corrected chi connectivity index (χ1v) is 9.01. The van der Waals surface area contributed by atoms with E-state index in [4.69, 9.17) is 16.0 Å². The summed E-state index contributed by atoms with van der Waals surface area (Å²) in [5.41, 5.74) is 2.95. The lowest BCUT2D eigenvalue weighted by molar-refractivity contribution is -0.385. The maximum atomic E-state index is 12.5. The Bertz CT molecular complexity index is 1270. The molecule has 3 aromatic carbocycles. The number of rotatable bonds is 4. The van der Waals surface area contributed by atoms with E-state index < -0.39 is 10.8 Å². The number of aromatic nitrogens is 1. The van der Waals surface area contributed by atoms with E-state index in [0.29, 0.717) is 33.3 Å². The van der Waals surface area contributed by atoms with Crippen LogP contribution in [0.25, 0.3) is 22.6 Å². The Balaban J connectivity index is 1.61. The molecule has 0 aliphatic carbocycles. The molecule has 29 heavy (non-hydrogen) atoms. The molecule has 1 N–H and O–H groups in total. The van der Waals surface area contributed by atoms with E-state index in [0.717, 1.165) is 5.56 Å². The molecule has 0 aliphatic rings. The highest BCUT2D eigenvalue weighted by Gasteiger charge is 2.16. The normalized spacial score (nSPS) is 10.8. The van der Waals surface area contributed by atoms with Crippen LogP contribution in [0.4, 0.5) is 11.4 Å². The molecule has 0 unspecified atom stereocenters. The van der Waals surface area contributed by atoms with Crippen molar-refractivity contribution in [3.05, 3.63) is 86.9 Å². The first-order valence-electron chi connectivity index (χ1n) is 8.63. The number of hydrogen-bond donors (Lipinski definition) is 1. The van der Waals surface area contributed by atoms with E-state index in [1.807, 2.05) is 6.07 Å². The van der Waals surface area contributed by atoms with Crippen molar-refractivity contribution in [1.82, 2.24) is 4.98 Å². The van der Waals surface area contributed by atoms with Gasteiger partial charge in [-0.25, -0.2) is 4.98 Å². The number of anilines is 1. The minimum atomic E-state index is -0.509. The van der Waals surface area contributed by atoms with Crippen LogP contribution in [0, 0.1) is 17.0 Å². The number of carbonyl (C=O) groups excluding carboxylic acids is 1. The number of benzene rings is 3. The predicted octanol–water partition coefficient (Wildman–Crippen LogP) is 5.62. The number of carbonyl (C=O) groups is 1. The van der Waals surface area contributed by atoms with Crippen molar-refractivity contribution >= 4 is 40.0 Å². The third kappa shape index (κ3) is 3.81. The summed E-state index contributed by atoms with van der Waals surface area (Å²) in [6, 6.07) is 16.6. The zero-order valence-corrected chi connectivity index (χ0v) is 15.9. The van der Waals surface area contributed by atoms with Crippen LogP contribution in [-0.2, 0) is 0 Å². The lowest BCUT2D eigenvalue weighted by Crippen LogP contribution is -2.12. The van der Waals surface area contributed by atoms with Gasteiger partial charge in [-0.05, 0) is 49.4 Å². The molecule has 0 radical (unpaired) electrons. The number of nitro benzene ring substituents is 1. The minimum absolute atomic E-state index is 0.101. The maximum Gasteiger partial charge on any atom is 0.273 e. The number of aryl methyl sites for hydroxylation is 1. The second-order valence-electron chi connectivity index (χ2n) is 6.42. The predicted molar refractivity (Wildman–Crippen MR) is 110 cm³/mol. The fourth-order valence-corrected chi connectivity index (χ4v) is 3.09. The molecule has 8 heteroatoms. The van der Waals surface area contributed by atoms with Gasteiger partial charge in [-0.15, -0.1) is 0 Å². The standard InChI is InChI=1S/C21H14ClN3O4/c1-12-5-6-13(10-18(12)25(27)28)20(26)23-16-7-8-19-17(11-16)24-21(29-19)14-3-2-4-15(22)9-14/h2-11H,1H3,(H,23,26). The molecule has 0 atom stereocenters. The van der Waals surface area contributed by atoms with Gasteiger partial charge in [0.15, 0.2) is 5.58 Å². The van der Waals surface area contributed by atoms with Gasteiger partial charge in [-0.3, -0.25) is 14.9 Å². The van der Waals surface area contributed by atoms with Crippen molar-refractivity contribution in [2.75, 3.05) is 5.32 Å². The third-order valence-corrected chi connectivity index (χ3v) is 4.62. The van der Waals surface area contributed by atoms with E-state index in [9.17, 15) is 14.9 Å². The number of nitrogens with one attached hydrogen (secondary N) is 1.